The zero-order chi connectivity index (χ0) is 16.1. The fourth-order valence-corrected chi connectivity index (χ4v) is 3.29. The Hall–Kier alpha value is -2.35. The summed E-state index contributed by atoms with van der Waals surface area (Å²) in [5, 5.41) is 0. The van der Waals surface area contributed by atoms with E-state index in [-0.39, 0.29) is 11.9 Å². The van der Waals surface area contributed by atoms with Crippen molar-refractivity contribution in [2.24, 2.45) is 5.92 Å². The third kappa shape index (κ3) is 3.53. The maximum absolute atomic E-state index is 12.2. The van der Waals surface area contributed by atoms with Gasteiger partial charge < -0.3 is 4.74 Å². The molecule has 23 heavy (non-hydrogen) atoms. The number of carbonyl (C=O) groups is 1. The summed E-state index contributed by atoms with van der Waals surface area (Å²) < 4.78 is 5.24. The van der Waals surface area contributed by atoms with Crippen LogP contribution in [0.1, 0.15) is 37.3 Å². The Labute approximate surface area is 137 Å². The van der Waals surface area contributed by atoms with E-state index in [2.05, 4.69) is 48.5 Å². The van der Waals surface area contributed by atoms with Crippen molar-refractivity contribution in [2.45, 2.75) is 26.2 Å². The minimum Gasteiger partial charge on any atom is -0.466 e. The largest absolute Gasteiger partial charge is 0.466 e. The molecule has 2 heteroatoms. The third-order valence-corrected chi connectivity index (χ3v) is 4.42. The molecule has 0 bridgehead atoms. The monoisotopic (exact) mass is 306 g/mol. The standard InChI is InChI=1S/C21H22O2/c1-2-23-21(22)18-13-14-19(16-9-5-3-6-10-16)20(15-18)17-11-7-4-8-12-17/h3-12,18H,2,13-15H2,1H3. The number of benzene rings is 2. The average molecular weight is 306 g/mol. The number of carbonyl (C=O) groups excluding carboxylic acids is 1. The van der Waals surface area contributed by atoms with E-state index in [1.165, 1.54) is 22.3 Å². The van der Waals surface area contributed by atoms with Crippen LogP contribution < -0.4 is 0 Å². The molecule has 1 aliphatic rings. The minimum absolute atomic E-state index is 0.0300. The fraction of sp³-hybridized carbons (Fsp3) is 0.286. The summed E-state index contributed by atoms with van der Waals surface area (Å²) in [5.41, 5.74) is 5.10. The van der Waals surface area contributed by atoms with Crippen molar-refractivity contribution in [3.05, 3.63) is 71.8 Å². The smallest absolute Gasteiger partial charge is 0.309 e. The second-order valence-corrected chi connectivity index (χ2v) is 5.88. The first-order chi connectivity index (χ1) is 11.3. The fourth-order valence-electron chi connectivity index (χ4n) is 3.29. The molecule has 2 aromatic carbocycles. The first kappa shape index (κ1) is 15.5. The molecule has 0 saturated carbocycles. The summed E-state index contributed by atoms with van der Waals surface area (Å²) in [6.45, 7) is 2.31. The van der Waals surface area contributed by atoms with Gasteiger partial charge in [-0.2, -0.15) is 0 Å². The number of rotatable bonds is 4. The van der Waals surface area contributed by atoms with Crippen LogP contribution in [0, 0.1) is 5.92 Å². The van der Waals surface area contributed by atoms with Crippen LogP contribution in [-0.2, 0) is 9.53 Å². The van der Waals surface area contributed by atoms with E-state index in [0.717, 1.165) is 19.3 Å². The molecule has 2 nitrogen and oxygen atoms in total. The SMILES string of the molecule is CCOC(=O)C1CCC(c2ccccc2)=C(c2ccccc2)C1. The van der Waals surface area contributed by atoms with E-state index in [9.17, 15) is 4.79 Å². The van der Waals surface area contributed by atoms with Crippen LogP contribution in [0.2, 0.25) is 0 Å². The molecule has 0 aliphatic heterocycles. The van der Waals surface area contributed by atoms with E-state index < -0.39 is 0 Å². The Kier molecular flexibility index (Phi) is 4.92. The normalized spacial score (nSPS) is 17.9. The molecular formula is C21H22O2. The Balaban J connectivity index is 1.99. The van der Waals surface area contributed by atoms with E-state index >= 15 is 0 Å². The molecule has 0 heterocycles. The molecule has 0 saturated heterocycles. The van der Waals surface area contributed by atoms with Gasteiger partial charge in [0.2, 0.25) is 0 Å². The van der Waals surface area contributed by atoms with Crippen LogP contribution in [0.5, 0.6) is 0 Å². The number of ether oxygens (including phenoxy) is 1. The molecule has 0 radical (unpaired) electrons. The Morgan fingerprint density at radius 1 is 0.957 bits per heavy atom. The predicted molar refractivity (Wildman–Crippen MR) is 93.7 cm³/mol. The second-order valence-electron chi connectivity index (χ2n) is 5.88. The lowest BCUT2D eigenvalue weighted by Gasteiger charge is -2.27. The number of hydrogen-bond acceptors (Lipinski definition) is 2. The van der Waals surface area contributed by atoms with Crippen LogP contribution in [-0.4, -0.2) is 12.6 Å². The molecule has 118 valence electrons. The Morgan fingerprint density at radius 2 is 1.52 bits per heavy atom. The van der Waals surface area contributed by atoms with Crippen LogP contribution in [0.3, 0.4) is 0 Å². The summed E-state index contributed by atoms with van der Waals surface area (Å²) in [6, 6.07) is 20.9. The zero-order valence-electron chi connectivity index (χ0n) is 13.5. The lowest BCUT2D eigenvalue weighted by atomic mass is 9.78. The number of esters is 1. The topological polar surface area (TPSA) is 26.3 Å². The molecule has 1 atom stereocenters. The molecule has 0 aromatic heterocycles. The van der Waals surface area contributed by atoms with Crippen molar-refractivity contribution >= 4 is 17.1 Å². The highest BCUT2D eigenvalue weighted by Gasteiger charge is 2.28. The highest BCUT2D eigenvalue weighted by Crippen LogP contribution is 2.40. The second kappa shape index (κ2) is 7.28. The first-order valence-corrected chi connectivity index (χ1v) is 8.29. The van der Waals surface area contributed by atoms with Crippen molar-refractivity contribution in [2.75, 3.05) is 6.61 Å². The molecule has 3 rings (SSSR count). The van der Waals surface area contributed by atoms with E-state index in [1.54, 1.807) is 0 Å². The van der Waals surface area contributed by atoms with Crippen LogP contribution in [0.25, 0.3) is 11.1 Å². The van der Waals surface area contributed by atoms with Gasteiger partial charge >= 0.3 is 5.97 Å². The maximum atomic E-state index is 12.2. The van der Waals surface area contributed by atoms with Crippen molar-refractivity contribution in [3.8, 4) is 0 Å². The molecule has 2 aromatic rings. The van der Waals surface area contributed by atoms with Gasteiger partial charge in [-0.15, -0.1) is 0 Å². The van der Waals surface area contributed by atoms with Crippen LogP contribution in [0.4, 0.5) is 0 Å². The van der Waals surface area contributed by atoms with Crippen molar-refractivity contribution < 1.29 is 9.53 Å². The quantitative estimate of drug-likeness (QED) is 0.746. The van der Waals surface area contributed by atoms with Gasteiger partial charge in [0.25, 0.3) is 0 Å². The highest BCUT2D eigenvalue weighted by molar-refractivity contribution is 5.93. The van der Waals surface area contributed by atoms with Gasteiger partial charge in [-0.05, 0) is 48.5 Å². The molecule has 0 spiro atoms. The zero-order valence-corrected chi connectivity index (χ0v) is 13.5. The van der Waals surface area contributed by atoms with Gasteiger partial charge in [0, 0.05) is 0 Å². The number of hydrogen-bond donors (Lipinski definition) is 0. The van der Waals surface area contributed by atoms with Crippen molar-refractivity contribution in [1.29, 1.82) is 0 Å². The minimum atomic E-state index is -0.0620. The molecule has 0 amide bonds. The van der Waals surface area contributed by atoms with E-state index in [0.29, 0.717) is 6.61 Å². The summed E-state index contributed by atoms with van der Waals surface area (Å²) in [5.74, 6) is -0.0920. The molecule has 0 fully saturated rings. The van der Waals surface area contributed by atoms with Crippen LogP contribution in [0.15, 0.2) is 60.7 Å². The van der Waals surface area contributed by atoms with Crippen molar-refractivity contribution in [3.63, 3.8) is 0 Å². The molecule has 1 aliphatic carbocycles. The van der Waals surface area contributed by atoms with Crippen LogP contribution >= 0.6 is 0 Å². The summed E-state index contributed by atoms with van der Waals surface area (Å²) >= 11 is 0. The van der Waals surface area contributed by atoms with Gasteiger partial charge in [0.1, 0.15) is 0 Å². The van der Waals surface area contributed by atoms with E-state index in [4.69, 9.17) is 4.74 Å². The van der Waals surface area contributed by atoms with E-state index in [1.807, 2.05) is 19.1 Å². The number of allylic oxidation sites excluding steroid dienone is 2. The Bertz CT molecular complexity index is 686. The summed E-state index contributed by atoms with van der Waals surface area (Å²) in [7, 11) is 0. The van der Waals surface area contributed by atoms with Gasteiger partial charge in [0.15, 0.2) is 0 Å². The maximum Gasteiger partial charge on any atom is 0.309 e. The molecule has 1 unspecified atom stereocenters. The Morgan fingerprint density at radius 3 is 2.09 bits per heavy atom. The lowest BCUT2D eigenvalue weighted by molar-refractivity contribution is -0.148. The summed E-state index contributed by atoms with van der Waals surface area (Å²) in [4.78, 5) is 12.2. The molecular weight excluding hydrogens is 284 g/mol. The van der Waals surface area contributed by atoms with Gasteiger partial charge in [-0.25, -0.2) is 0 Å². The van der Waals surface area contributed by atoms with Gasteiger partial charge in [0.05, 0.1) is 12.5 Å². The first-order valence-electron chi connectivity index (χ1n) is 8.29. The average Bonchev–Trinajstić information content (AvgIpc) is 2.63. The summed E-state index contributed by atoms with van der Waals surface area (Å²) in [6.07, 6.45) is 2.53. The lowest BCUT2D eigenvalue weighted by Crippen LogP contribution is -2.21. The molecule has 0 N–H and O–H groups in total. The van der Waals surface area contributed by atoms with Crippen molar-refractivity contribution in [1.82, 2.24) is 0 Å². The predicted octanol–water partition coefficient (Wildman–Crippen LogP) is 4.96. The third-order valence-electron chi connectivity index (χ3n) is 4.42. The van der Waals surface area contributed by atoms with Gasteiger partial charge in [-0.1, -0.05) is 60.7 Å². The highest BCUT2D eigenvalue weighted by atomic mass is 16.5. The van der Waals surface area contributed by atoms with Gasteiger partial charge in [-0.3, -0.25) is 4.79 Å².